The summed E-state index contributed by atoms with van der Waals surface area (Å²) in [4.78, 5) is 11.0. The van der Waals surface area contributed by atoms with Crippen LogP contribution in [0.1, 0.15) is 10.4 Å². The molecular formula is C9H9ClO6S. The zero-order valence-corrected chi connectivity index (χ0v) is 10.5. The average Bonchev–Trinajstić information content (AvgIpc) is 2.25. The van der Waals surface area contributed by atoms with Crippen molar-refractivity contribution >= 4 is 25.7 Å². The number of esters is 1. The van der Waals surface area contributed by atoms with E-state index in [9.17, 15) is 18.3 Å². The summed E-state index contributed by atoms with van der Waals surface area (Å²) in [6.07, 6.45) is 0. The van der Waals surface area contributed by atoms with Gasteiger partial charge in [0.1, 0.15) is 16.2 Å². The van der Waals surface area contributed by atoms with Crippen LogP contribution in [0.3, 0.4) is 0 Å². The molecule has 0 aliphatic carbocycles. The van der Waals surface area contributed by atoms with Crippen molar-refractivity contribution in [2.24, 2.45) is 0 Å². The molecule has 17 heavy (non-hydrogen) atoms. The van der Waals surface area contributed by atoms with Crippen LogP contribution in [0.15, 0.2) is 17.0 Å². The van der Waals surface area contributed by atoms with Gasteiger partial charge in [-0.15, -0.1) is 0 Å². The second-order valence-corrected chi connectivity index (χ2v) is 5.45. The maximum atomic E-state index is 11.4. The predicted octanol–water partition coefficient (Wildman–Crippen LogP) is 1.11. The van der Waals surface area contributed by atoms with Crippen LogP contribution in [0.25, 0.3) is 0 Å². The predicted molar refractivity (Wildman–Crippen MR) is 59.0 cm³/mol. The standard InChI is InChI=1S/C9H9ClO6S/c1-15-8-6(17(10,13)14)4-3-5(11)7(8)9(12)16-2/h3-4,11H,1-2H3. The number of carbonyl (C=O) groups excluding carboxylic acids is 1. The molecule has 1 rings (SSSR count). The van der Waals surface area contributed by atoms with Gasteiger partial charge < -0.3 is 14.6 Å². The van der Waals surface area contributed by atoms with Gasteiger partial charge in [0.05, 0.1) is 14.2 Å². The Morgan fingerprint density at radius 1 is 1.35 bits per heavy atom. The third-order valence-corrected chi connectivity index (χ3v) is 3.30. The second-order valence-electron chi connectivity index (χ2n) is 2.92. The van der Waals surface area contributed by atoms with E-state index in [1.807, 2.05) is 0 Å². The van der Waals surface area contributed by atoms with Gasteiger partial charge in [-0.05, 0) is 12.1 Å². The topological polar surface area (TPSA) is 89.9 Å². The van der Waals surface area contributed by atoms with E-state index in [1.54, 1.807) is 0 Å². The first-order chi connectivity index (χ1) is 7.82. The number of hydrogen-bond donors (Lipinski definition) is 1. The lowest BCUT2D eigenvalue weighted by atomic mass is 10.2. The first-order valence-electron chi connectivity index (χ1n) is 4.25. The number of hydrogen-bond acceptors (Lipinski definition) is 6. The lowest BCUT2D eigenvalue weighted by Crippen LogP contribution is -2.07. The van der Waals surface area contributed by atoms with Crippen LogP contribution >= 0.6 is 10.7 Å². The van der Waals surface area contributed by atoms with Gasteiger partial charge in [0, 0.05) is 10.7 Å². The Morgan fingerprint density at radius 2 is 1.94 bits per heavy atom. The number of phenols is 1. The molecule has 0 radical (unpaired) electrons. The minimum Gasteiger partial charge on any atom is -0.507 e. The van der Waals surface area contributed by atoms with Crippen molar-refractivity contribution in [3.8, 4) is 11.5 Å². The van der Waals surface area contributed by atoms with Crippen LogP contribution in [-0.2, 0) is 13.8 Å². The first-order valence-corrected chi connectivity index (χ1v) is 6.56. The van der Waals surface area contributed by atoms with Crippen molar-refractivity contribution in [2.45, 2.75) is 4.90 Å². The van der Waals surface area contributed by atoms with Gasteiger partial charge in [-0.3, -0.25) is 0 Å². The quantitative estimate of drug-likeness (QED) is 0.659. The van der Waals surface area contributed by atoms with E-state index in [0.717, 1.165) is 26.4 Å². The molecule has 0 heterocycles. The van der Waals surface area contributed by atoms with E-state index in [4.69, 9.17) is 15.4 Å². The van der Waals surface area contributed by atoms with Gasteiger partial charge in [-0.25, -0.2) is 13.2 Å². The largest absolute Gasteiger partial charge is 0.507 e. The summed E-state index contributed by atoms with van der Waals surface area (Å²) in [5, 5.41) is 9.50. The molecule has 0 aliphatic heterocycles. The Balaban J connectivity index is 3.65. The van der Waals surface area contributed by atoms with E-state index >= 15 is 0 Å². The van der Waals surface area contributed by atoms with E-state index < -0.39 is 31.2 Å². The number of benzene rings is 1. The van der Waals surface area contributed by atoms with Crippen LogP contribution in [0, 0.1) is 0 Å². The van der Waals surface area contributed by atoms with Gasteiger partial charge in [0.15, 0.2) is 5.75 Å². The summed E-state index contributed by atoms with van der Waals surface area (Å²) < 4.78 is 31.7. The molecule has 0 aromatic heterocycles. The number of halogens is 1. The first kappa shape index (κ1) is 13.6. The smallest absolute Gasteiger partial charge is 0.345 e. The minimum absolute atomic E-state index is 0.355. The molecule has 0 amide bonds. The van der Waals surface area contributed by atoms with E-state index in [2.05, 4.69) is 4.74 Å². The van der Waals surface area contributed by atoms with E-state index in [0.29, 0.717) is 0 Å². The normalized spacial score (nSPS) is 11.0. The molecule has 0 fully saturated rings. The third kappa shape index (κ3) is 2.62. The highest BCUT2D eigenvalue weighted by Crippen LogP contribution is 2.36. The molecule has 1 aromatic rings. The van der Waals surface area contributed by atoms with E-state index in [1.165, 1.54) is 0 Å². The highest BCUT2D eigenvalue weighted by molar-refractivity contribution is 8.13. The van der Waals surface area contributed by atoms with Crippen molar-refractivity contribution in [1.82, 2.24) is 0 Å². The Hall–Kier alpha value is -1.47. The molecule has 94 valence electrons. The number of aromatic hydroxyl groups is 1. The Bertz CT molecular complexity index is 551. The Kier molecular flexibility index (Phi) is 3.84. The number of methoxy groups -OCH3 is 2. The summed E-state index contributed by atoms with van der Waals surface area (Å²) in [6.45, 7) is 0. The summed E-state index contributed by atoms with van der Waals surface area (Å²) in [5.41, 5.74) is -0.392. The summed E-state index contributed by atoms with van der Waals surface area (Å²) in [7, 11) is 3.31. The van der Waals surface area contributed by atoms with Crippen molar-refractivity contribution in [3.05, 3.63) is 17.7 Å². The molecule has 1 N–H and O–H groups in total. The lowest BCUT2D eigenvalue weighted by Gasteiger charge is -2.11. The SMILES string of the molecule is COC(=O)c1c(O)ccc(S(=O)(=O)Cl)c1OC. The van der Waals surface area contributed by atoms with Crippen LogP contribution in [-0.4, -0.2) is 33.7 Å². The number of rotatable bonds is 3. The lowest BCUT2D eigenvalue weighted by molar-refractivity contribution is 0.0593. The third-order valence-electron chi connectivity index (χ3n) is 1.96. The fourth-order valence-electron chi connectivity index (χ4n) is 1.25. The molecule has 6 nitrogen and oxygen atoms in total. The fourth-order valence-corrected chi connectivity index (χ4v) is 2.25. The van der Waals surface area contributed by atoms with Crippen molar-refractivity contribution in [1.29, 1.82) is 0 Å². The summed E-state index contributed by atoms with van der Waals surface area (Å²) in [6, 6.07) is 2.05. The zero-order valence-electron chi connectivity index (χ0n) is 8.93. The van der Waals surface area contributed by atoms with Gasteiger partial charge in [-0.1, -0.05) is 0 Å². The van der Waals surface area contributed by atoms with Crippen molar-refractivity contribution < 1.29 is 27.8 Å². The molecule has 0 atom stereocenters. The maximum absolute atomic E-state index is 11.4. The molecule has 0 aliphatic rings. The second kappa shape index (κ2) is 4.80. The molecule has 0 bridgehead atoms. The molecule has 0 saturated heterocycles. The van der Waals surface area contributed by atoms with Gasteiger partial charge in [0.2, 0.25) is 0 Å². The molecular weight excluding hydrogens is 272 g/mol. The van der Waals surface area contributed by atoms with Crippen molar-refractivity contribution in [3.63, 3.8) is 0 Å². The van der Waals surface area contributed by atoms with Crippen LogP contribution in [0.5, 0.6) is 11.5 Å². The van der Waals surface area contributed by atoms with E-state index in [-0.39, 0.29) is 5.75 Å². The summed E-state index contributed by atoms with van der Waals surface area (Å²) >= 11 is 0. The van der Waals surface area contributed by atoms with Gasteiger partial charge in [-0.2, -0.15) is 0 Å². The molecule has 0 saturated carbocycles. The maximum Gasteiger partial charge on any atom is 0.345 e. The van der Waals surface area contributed by atoms with Gasteiger partial charge in [0.25, 0.3) is 9.05 Å². The zero-order chi connectivity index (χ0) is 13.2. The van der Waals surface area contributed by atoms with Crippen LogP contribution in [0.2, 0.25) is 0 Å². The molecule has 0 spiro atoms. The number of phenolic OH excluding ortho intramolecular Hbond substituents is 1. The summed E-state index contributed by atoms with van der Waals surface area (Å²) in [5.74, 6) is -1.74. The fraction of sp³-hybridized carbons (Fsp3) is 0.222. The number of carbonyl (C=O) groups is 1. The van der Waals surface area contributed by atoms with Crippen LogP contribution in [0.4, 0.5) is 0 Å². The average molecular weight is 281 g/mol. The monoisotopic (exact) mass is 280 g/mol. The van der Waals surface area contributed by atoms with Gasteiger partial charge >= 0.3 is 5.97 Å². The minimum atomic E-state index is -4.10. The Labute approximate surface area is 102 Å². The molecule has 0 unspecified atom stereocenters. The molecule has 8 heteroatoms. The highest BCUT2D eigenvalue weighted by Gasteiger charge is 2.26. The molecule has 1 aromatic carbocycles. The van der Waals surface area contributed by atoms with Crippen LogP contribution < -0.4 is 4.74 Å². The Morgan fingerprint density at radius 3 is 2.35 bits per heavy atom. The van der Waals surface area contributed by atoms with Crippen molar-refractivity contribution in [2.75, 3.05) is 14.2 Å². The number of ether oxygens (including phenoxy) is 2. The highest BCUT2D eigenvalue weighted by atomic mass is 35.7.